The van der Waals surface area contributed by atoms with Crippen LogP contribution in [0.1, 0.15) is 17.3 Å². The molecule has 0 atom stereocenters. The standard InChI is InChI=1S/C14H20N2O2/c1-11(17)13-10-12(15(2)3)4-5-14(13)16-6-8-18-9-7-16/h4-5,10H,6-9H2,1-3H3/p+1. The van der Waals surface area contributed by atoms with Crippen LogP contribution in [0.4, 0.5) is 11.4 Å². The topological polar surface area (TPSA) is 34.0 Å². The second-order valence-corrected chi connectivity index (χ2v) is 4.89. The van der Waals surface area contributed by atoms with Gasteiger partial charge >= 0.3 is 0 Å². The summed E-state index contributed by atoms with van der Waals surface area (Å²) in [5.74, 6) is 0.125. The highest BCUT2D eigenvalue weighted by Gasteiger charge is 2.18. The second kappa shape index (κ2) is 5.50. The van der Waals surface area contributed by atoms with Crippen molar-refractivity contribution in [1.82, 2.24) is 0 Å². The molecule has 1 aromatic carbocycles. The maximum atomic E-state index is 11.8. The number of ketones is 1. The first-order valence-corrected chi connectivity index (χ1v) is 6.38. The number of nitrogens with zero attached hydrogens (tertiary/aromatic N) is 1. The minimum Gasteiger partial charge on any atom is -0.378 e. The van der Waals surface area contributed by atoms with Crippen molar-refractivity contribution in [3.05, 3.63) is 23.8 Å². The van der Waals surface area contributed by atoms with Crippen LogP contribution in [0.3, 0.4) is 0 Å². The molecule has 1 fully saturated rings. The first-order valence-electron chi connectivity index (χ1n) is 6.38. The van der Waals surface area contributed by atoms with Gasteiger partial charge in [0.05, 0.1) is 27.3 Å². The van der Waals surface area contributed by atoms with Gasteiger partial charge in [-0.3, -0.25) is 4.79 Å². The van der Waals surface area contributed by atoms with E-state index in [9.17, 15) is 4.79 Å². The summed E-state index contributed by atoms with van der Waals surface area (Å²) in [5.41, 5.74) is 2.99. The number of carbonyl (C=O) groups is 1. The summed E-state index contributed by atoms with van der Waals surface area (Å²) in [7, 11) is 4.13. The molecule has 0 radical (unpaired) electrons. The number of hydrogen-bond acceptors (Lipinski definition) is 3. The summed E-state index contributed by atoms with van der Waals surface area (Å²) in [6, 6.07) is 6.15. The Hall–Kier alpha value is -1.39. The SMILES string of the molecule is CC(=O)c1cc([NH+](C)C)ccc1N1CCOCC1. The Labute approximate surface area is 108 Å². The number of hydrogen-bond donors (Lipinski definition) is 1. The fourth-order valence-corrected chi connectivity index (χ4v) is 2.21. The zero-order valence-electron chi connectivity index (χ0n) is 11.3. The molecule has 4 nitrogen and oxygen atoms in total. The molecule has 1 saturated heterocycles. The third-order valence-corrected chi connectivity index (χ3v) is 3.30. The van der Waals surface area contributed by atoms with Gasteiger partial charge in [-0.2, -0.15) is 0 Å². The quantitative estimate of drug-likeness (QED) is 0.792. The van der Waals surface area contributed by atoms with E-state index in [0.29, 0.717) is 0 Å². The average molecular weight is 249 g/mol. The predicted molar refractivity (Wildman–Crippen MR) is 71.9 cm³/mol. The van der Waals surface area contributed by atoms with E-state index >= 15 is 0 Å². The lowest BCUT2D eigenvalue weighted by molar-refractivity contribution is -0.786. The van der Waals surface area contributed by atoms with E-state index in [1.807, 2.05) is 6.07 Å². The molecule has 1 aliphatic rings. The smallest absolute Gasteiger partial charge is 0.162 e. The lowest BCUT2D eigenvalue weighted by Crippen LogP contribution is -3.00. The molecule has 4 heteroatoms. The van der Waals surface area contributed by atoms with Gasteiger partial charge in [-0.15, -0.1) is 0 Å². The third kappa shape index (κ3) is 2.71. The fourth-order valence-electron chi connectivity index (χ4n) is 2.21. The largest absolute Gasteiger partial charge is 0.378 e. The van der Waals surface area contributed by atoms with Crippen LogP contribution < -0.4 is 9.80 Å². The van der Waals surface area contributed by atoms with Crippen LogP contribution in [0, 0.1) is 0 Å². The summed E-state index contributed by atoms with van der Waals surface area (Å²) >= 11 is 0. The van der Waals surface area contributed by atoms with E-state index in [4.69, 9.17) is 4.74 Å². The van der Waals surface area contributed by atoms with Crippen molar-refractivity contribution in [2.24, 2.45) is 0 Å². The van der Waals surface area contributed by atoms with Gasteiger partial charge in [0, 0.05) is 36.5 Å². The average Bonchev–Trinajstić information content (AvgIpc) is 2.39. The second-order valence-electron chi connectivity index (χ2n) is 4.89. The van der Waals surface area contributed by atoms with Crippen molar-refractivity contribution in [2.45, 2.75) is 6.92 Å². The Morgan fingerprint density at radius 1 is 1.28 bits per heavy atom. The number of quaternary nitrogens is 1. The van der Waals surface area contributed by atoms with Crippen molar-refractivity contribution < 1.29 is 14.4 Å². The summed E-state index contributed by atoms with van der Waals surface area (Å²) in [6.07, 6.45) is 0. The van der Waals surface area contributed by atoms with Gasteiger partial charge in [-0.1, -0.05) is 0 Å². The van der Waals surface area contributed by atoms with Crippen molar-refractivity contribution in [3.63, 3.8) is 0 Å². The van der Waals surface area contributed by atoms with Gasteiger partial charge in [-0.25, -0.2) is 0 Å². The van der Waals surface area contributed by atoms with Gasteiger partial charge in [0.25, 0.3) is 0 Å². The maximum absolute atomic E-state index is 11.8. The van der Waals surface area contributed by atoms with Crippen LogP contribution in [-0.4, -0.2) is 46.2 Å². The summed E-state index contributed by atoms with van der Waals surface area (Å²) in [5, 5.41) is 0. The summed E-state index contributed by atoms with van der Waals surface area (Å²) < 4.78 is 5.35. The van der Waals surface area contributed by atoms with Crippen molar-refractivity contribution in [3.8, 4) is 0 Å². The zero-order valence-corrected chi connectivity index (χ0v) is 11.3. The summed E-state index contributed by atoms with van der Waals surface area (Å²) in [4.78, 5) is 15.3. The van der Waals surface area contributed by atoms with E-state index < -0.39 is 0 Å². The zero-order chi connectivity index (χ0) is 13.1. The number of anilines is 1. The molecule has 18 heavy (non-hydrogen) atoms. The van der Waals surface area contributed by atoms with Crippen molar-refractivity contribution in [2.75, 3.05) is 45.3 Å². The Balaban J connectivity index is 2.36. The van der Waals surface area contributed by atoms with Crippen LogP contribution in [0.2, 0.25) is 0 Å². The lowest BCUT2D eigenvalue weighted by Gasteiger charge is -2.30. The first-order chi connectivity index (χ1) is 8.59. The number of nitrogens with one attached hydrogen (secondary N) is 1. The first kappa shape index (κ1) is 13.1. The van der Waals surface area contributed by atoms with Crippen LogP contribution in [0.15, 0.2) is 18.2 Å². The molecular weight excluding hydrogens is 228 g/mol. The van der Waals surface area contributed by atoms with Gasteiger partial charge in [-0.05, 0) is 13.0 Å². The number of rotatable bonds is 3. The molecular formula is C14H21N2O2+. The monoisotopic (exact) mass is 249 g/mol. The molecule has 2 rings (SSSR count). The van der Waals surface area contributed by atoms with E-state index in [1.54, 1.807) is 6.92 Å². The van der Waals surface area contributed by atoms with Gasteiger partial charge < -0.3 is 14.5 Å². The highest BCUT2D eigenvalue weighted by molar-refractivity contribution is 6.00. The van der Waals surface area contributed by atoms with Crippen LogP contribution in [0.5, 0.6) is 0 Å². The molecule has 1 aromatic rings. The lowest BCUT2D eigenvalue weighted by atomic mass is 10.1. The van der Waals surface area contributed by atoms with Crippen LogP contribution in [0.25, 0.3) is 0 Å². The number of morpholine rings is 1. The predicted octanol–water partition coefficient (Wildman–Crippen LogP) is 0.502. The molecule has 98 valence electrons. The van der Waals surface area contributed by atoms with Crippen molar-refractivity contribution >= 4 is 17.2 Å². The molecule has 0 unspecified atom stereocenters. The minimum absolute atomic E-state index is 0.125. The third-order valence-electron chi connectivity index (χ3n) is 3.30. The van der Waals surface area contributed by atoms with E-state index in [1.165, 1.54) is 4.90 Å². The minimum atomic E-state index is 0.125. The van der Waals surface area contributed by atoms with E-state index in [0.717, 1.165) is 43.2 Å². The Morgan fingerprint density at radius 2 is 1.94 bits per heavy atom. The fraction of sp³-hybridized carbons (Fsp3) is 0.500. The van der Waals surface area contributed by atoms with Gasteiger partial charge in [0.15, 0.2) is 5.78 Å². The molecule has 1 aliphatic heterocycles. The highest BCUT2D eigenvalue weighted by Crippen LogP contribution is 2.24. The normalized spacial score (nSPS) is 16.1. The number of carbonyl (C=O) groups excluding carboxylic acids is 1. The molecule has 0 saturated carbocycles. The molecule has 0 spiro atoms. The highest BCUT2D eigenvalue weighted by atomic mass is 16.5. The summed E-state index contributed by atoms with van der Waals surface area (Å²) in [6.45, 7) is 4.81. The Morgan fingerprint density at radius 3 is 2.50 bits per heavy atom. The van der Waals surface area contributed by atoms with Gasteiger partial charge in [0.2, 0.25) is 0 Å². The molecule has 0 amide bonds. The molecule has 1 N–H and O–H groups in total. The van der Waals surface area contributed by atoms with Crippen LogP contribution >= 0.6 is 0 Å². The van der Waals surface area contributed by atoms with Gasteiger partial charge in [0.1, 0.15) is 5.69 Å². The maximum Gasteiger partial charge on any atom is 0.162 e. The molecule has 0 aliphatic carbocycles. The van der Waals surface area contributed by atoms with Crippen molar-refractivity contribution in [1.29, 1.82) is 0 Å². The van der Waals surface area contributed by atoms with E-state index in [2.05, 4.69) is 31.1 Å². The number of benzene rings is 1. The Bertz CT molecular complexity index is 437. The molecule has 0 bridgehead atoms. The van der Waals surface area contributed by atoms with E-state index in [-0.39, 0.29) is 5.78 Å². The number of Topliss-reactive ketones (excluding diaryl/α,β-unsaturated/α-hetero) is 1. The number of ether oxygens (including phenoxy) is 1. The Kier molecular flexibility index (Phi) is 3.99. The molecule has 1 heterocycles. The van der Waals surface area contributed by atoms with Crippen LogP contribution in [-0.2, 0) is 4.74 Å². The molecule has 0 aromatic heterocycles.